The summed E-state index contributed by atoms with van der Waals surface area (Å²) in [5.41, 5.74) is 3.51. The Morgan fingerprint density at radius 2 is 1.13 bits per heavy atom. The molecule has 6 atom stereocenters. The van der Waals surface area contributed by atoms with Crippen molar-refractivity contribution in [3.63, 3.8) is 0 Å². The zero-order valence-corrected chi connectivity index (χ0v) is 29.7. The maximum atomic E-state index is 12.8. The molecule has 1 amide bonds. The lowest BCUT2D eigenvalue weighted by molar-refractivity contribution is -0.321. The van der Waals surface area contributed by atoms with Crippen LogP contribution in [0.3, 0.4) is 0 Å². The molecule has 1 aliphatic rings. The van der Waals surface area contributed by atoms with Crippen LogP contribution < -0.4 is 5.32 Å². The fraction of sp³-hybridized carbons (Fsp3) is 0.341. The third-order valence-corrected chi connectivity index (χ3v) is 8.28. The molecule has 0 aromatic heterocycles. The second-order valence-electron chi connectivity index (χ2n) is 12.3. The van der Waals surface area contributed by atoms with Crippen molar-refractivity contribution in [1.82, 2.24) is 5.32 Å². The van der Waals surface area contributed by atoms with Gasteiger partial charge in [-0.3, -0.25) is 4.79 Å². The summed E-state index contributed by atoms with van der Waals surface area (Å²) in [5.74, 6) is -1.40. The van der Waals surface area contributed by atoms with Crippen molar-refractivity contribution in [2.45, 2.75) is 70.1 Å². The Morgan fingerprint density at radius 3 is 1.64 bits per heavy atom. The van der Waals surface area contributed by atoms with Gasteiger partial charge in [-0.05, 0) is 22.3 Å². The molecule has 0 bridgehead atoms. The molecule has 1 heterocycles. The summed E-state index contributed by atoms with van der Waals surface area (Å²) < 4.78 is 47.9. The Morgan fingerprint density at radius 1 is 0.642 bits per heavy atom. The van der Waals surface area contributed by atoms with Crippen molar-refractivity contribution in [2.24, 2.45) is 0 Å². The largest absolute Gasteiger partial charge is 0.467 e. The molecule has 1 saturated heterocycles. The number of hydrogen-bond acceptors (Lipinski definition) is 11. The molecule has 280 valence electrons. The molecule has 0 saturated carbocycles. The molecule has 1 aliphatic heterocycles. The molecule has 0 spiro atoms. The van der Waals surface area contributed by atoms with Crippen LogP contribution in [0, 0.1) is 0 Å². The summed E-state index contributed by atoms with van der Waals surface area (Å²) in [6, 6.07) is 36.6. The number of rotatable bonds is 18. The minimum absolute atomic E-state index is 0.0167. The second-order valence-corrected chi connectivity index (χ2v) is 12.3. The Kier molecular flexibility index (Phi) is 15.4. The first-order chi connectivity index (χ1) is 25.9. The summed E-state index contributed by atoms with van der Waals surface area (Å²) in [4.78, 5) is 38.2. The summed E-state index contributed by atoms with van der Waals surface area (Å²) in [5, 5.41) is 2.50. The van der Waals surface area contributed by atoms with Gasteiger partial charge in [0.1, 0.15) is 24.9 Å². The molecule has 12 nitrogen and oxygen atoms in total. The van der Waals surface area contributed by atoms with Crippen LogP contribution in [0.2, 0.25) is 0 Å². The van der Waals surface area contributed by atoms with Crippen LogP contribution in [0.1, 0.15) is 29.2 Å². The van der Waals surface area contributed by atoms with Gasteiger partial charge in [-0.2, -0.15) is 0 Å². The minimum atomic E-state index is -1.30. The first-order valence-electron chi connectivity index (χ1n) is 17.3. The van der Waals surface area contributed by atoms with Gasteiger partial charge in [-0.15, -0.1) is 0 Å². The monoisotopic (exact) mass is 727 g/mol. The molecule has 12 heteroatoms. The van der Waals surface area contributed by atoms with E-state index in [2.05, 4.69) is 5.32 Å². The first-order valence-corrected chi connectivity index (χ1v) is 17.3. The second kappa shape index (κ2) is 20.8. The van der Waals surface area contributed by atoms with E-state index < -0.39 is 61.4 Å². The average Bonchev–Trinajstić information content (AvgIpc) is 3.19. The van der Waals surface area contributed by atoms with Crippen LogP contribution in [0.15, 0.2) is 121 Å². The fourth-order valence-electron chi connectivity index (χ4n) is 5.66. The fourth-order valence-corrected chi connectivity index (χ4v) is 5.66. The van der Waals surface area contributed by atoms with Crippen LogP contribution >= 0.6 is 0 Å². The molecule has 0 unspecified atom stereocenters. The van der Waals surface area contributed by atoms with Gasteiger partial charge in [0.25, 0.3) is 0 Å². The van der Waals surface area contributed by atoms with Crippen LogP contribution in [-0.4, -0.2) is 75.1 Å². The normalized spacial score (nSPS) is 20.2. The van der Waals surface area contributed by atoms with Crippen molar-refractivity contribution in [2.75, 3.05) is 20.3 Å². The van der Waals surface area contributed by atoms with Crippen LogP contribution in [-0.2, 0) is 73.9 Å². The Bertz CT molecular complexity index is 1680. The molecule has 0 aliphatic carbocycles. The Labute approximate surface area is 309 Å². The van der Waals surface area contributed by atoms with Gasteiger partial charge in [-0.1, -0.05) is 121 Å². The maximum absolute atomic E-state index is 12.8. The van der Waals surface area contributed by atoms with Crippen molar-refractivity contribution in [3.05, 3.63) is 144 Å². The highest BCUT2D eigenvalue weighted by atomic mass is 16.7. The molecule has 4 aromatic rings. The van der Waals surface area contributed by atoms with E-state index in [4.69, 9.17) is 37.9 Å². The van der Waals surface area contributed by atoms with E-state index in [0.717, 1.165) is 22.3 Å². The first kappa shape index (κ1) is 39.1. The van der Waals surface area contributed by atoms with Gasteiger partial charge >= 0.3 is 18.0 Å². The Hall–Kier alpha value is -5.11. The van der Waals surface area contributed by atoms with Crippen molar-refractivity contribution < 1.29 is 52.3 Å². The van der Waals surface area contributed by atoms with E-state index in [0.29, 0.717) is 6.61 Å². The quantitative estimate of drug-likeness (QED) is 0.103. The number of carbonyl (C=O) groups is 3. The highest BCUT2D eigenvalue weighted by molar-refractivity contribution is 5.81. The van der Waals surface area contributed by atoms with Gasteiger partial charge in [0.15, 0.2) is 18.4 Å². The molecule has 53 heavy (non-hydrogen) atoms. The molecule has 0 radical (unpaired) electrons. The zero-order chi connectivity index (χ0) is 37.3. The number of amides is 1. The van der Waals surface area contributed by atoms with E-state index in [1.807, 2.05) is 109 Å². The highest BCUT2D eigenvalue weighted by Gasteiger charge is 2.50. The summed E-state index contributed by atoms with van der Waals surface area (Å²) in [7, 11) is 1.19. The third kappa shape index (κ3) is 12.5. The van der Waals surface area contributed by atoms with Gasteiger partial charge in [0, 0.05) is 6.92 Å². The molecular weight excluding hydrogens is 682 g/mol. The van der Waals surface area contributed by atoms with Gasteiger partial charge < -0.3 is 43.2 Å². The third-order valence-electron chi connectivity index (χ3n) is 8.28. The maximum Gasteiger partial charge on any atom is 0.408 e. The molecule has 5 rings (SSSR count). The number of nitrogens with one attached hydrogen (secondary N) is 1. The predicted molar refractivity (Wildman–Crippen MR) is 192 cm³/mol. The lowest BCUT2D eigenvalue weighted by Gasteiger charge is -2.45. The number of carbonyl (C=O) groups excluding carboxylic acids is 3. The molecule has 4 aromatic carbocycles. The predicted octanol–water partition coefficient (Wildman–Crippen LogP) is 5.52. The minimum Gasteiger partial charge on any atom is -0.467 e. The SMILES string of the molecule is COC(=O)[C@H](CO[C@@H]1O[C@H](COCc2ccccc2)[C@@H](OCc2ccccc2)[C@H](OCc2ccccc2)[C@H]1OC(C)=O)NC(=O)OCc1ccccc1. The number of hydrogen-bond donors (Lipinski definition) is 1. The molecule has 1 fully saturated rings. The van der Waals surface area contributed by atoms with E-state index in [1.54, 1.807) is 12.1 Å². The standard InChI is InChI=1S/C41H45NO11/c1-29(43)52-38-37(49-25-32-19-11-5-12-20-32)36(48-24-31-17-9-4-10-18-31)35(28-47-23-30-15-7-3-8-16-30)53-40(38)50-27-34(39(44)46-2)42-41(45)51-26-33-21-13-6-14-22-33/h3-22,34-38,40H,23-28H2,1-2H3,(H,42,45)/t34-,35+,36+,37-,38+,40+/m0/s1. The smallest absolute Gasteiger partial charge is 0.408 e. The van der Waals surface area contributed by atoms with E-state index >= 15 is 0 Å². The summed E-state index contributed by atoms with van der Waals surface area (Å²) in [6.45, 7) is 1.52. The van der Waals surface area contributed by atoms with Crippen molar-refractivity contribution >= 4 is 18.0 Å². The summed E-state index contributed by atoms with van der Waals surface area (Å²) >= 11 is 0. The zero-order valence-electron chi connectivity index (χ0n) is 29.7. The van der Waals surface area contributed by atoms with Crippen molar-refractivity contribution in [3.8, 4) is 0 Å². The van der Waals surface area contributed by atoms with Crippen molar-refractivity contribution in [1.29, 1.82) is 0 Å². The van der Waals surface area contributed by atoms with Gasteiger partial charge in [-0.25, -0.2) is 9.59 Å². The molecule has 1 N–H and O–H groups in total. The topological polar surface area (TPSA) is 137 Å². The lowest BCUT2D eigenvalue weighted by Crippen LogP contribution is -2.62. The number of methoxy groups -OCH3 is 1. The van der Waals surface area contributed by atoms with E-state index in [1.165, 1.54) is 14.0 Å². The number of benzene rings is 4. The van der Waals surface area contributed by atoms with Crippen LogP contribution in [0.5, 0.6) is 0 Å². The highest BCUT2D eigenvalue weighted by Crippen LogP contribution is 2.31. The lowest BCUT2D eigenvalue weighted by atomic mass is 9.97. The molecular formula is C41H45NO11. The number of alkyl carbamates (subject to hydrolysis) is 1. The number of esters is 2. The van der Waals surface area contributed by atoms with Gasteiger partial charge in [0.2, 0.25) is 0 Å². The Balaban J connectivity index is 1.38. The van der Waals surface area contributed by atoms with E-state index in [-0.39, 0.29) is 26.4 Å². The van der Waals surface area contributed by atoms with Crippen LogP contribution in [0.4, 0.5) is 4.79 Å². The van der Waals surface area contributed by atoms with Gasteiger partial charge in [0.05, 0.1) is 40.1 Å². The van der Waals surface area contributed by atoms with Crippen LogP contribution in [0.25, 0.3) is 0 Å². The number of ether oxygens (including phenoxy) is 8. The van der Waals surface area contributed by atoms with E-state index in [9.17, 15) is 14.4 Å². The average molecular weight is 728 g/mol. The summed E-state index contributed by atoms with van der Waals surface area (Å²) in [6.07, 6.45) is -5.82.